The number of esters is 1. The predicted molar refractivity (Wildman–Crippen MR) is 105 cm³/mol. The molecule has 0 N–H and O–H groups in total. The molecule has 28 heavy (non-hydrogen) atoms. The van der Waals surface area contributed by atoms with E-state index in [-0.39, 0.29) is 16.5 Å². The van der Waals surface area contributed by atoms with Crippen LogP contribution in [0.1, 0.15) is 29.4 Å². The highest BCUT2D eigenvalue weighted by atomic mass is 32.2. The molecule has 0 spiro atoms. The van der Waals surface area contributed by atoms with Gasteiger partial charge in [-0.15, -0.1) is 11.3 Å². The molecule has 4 rings (SSSR count). The molecule has 3 heterocycles. The van der Waals surface area contributed by atoms with Gasteiger partial charge in [0.15, 0.2) is 11.5 Å². The first-order chi connectivity index (χ1) is 13.5. The van der Waals surface area contributed by atoms with Gasteiger partial charge in [-0.2, -0.15) is 0 Å². The van der Waals surface area contributed by atoms with E-state index in [2.05, 4.69) is 5.16 Å². The van der Waals surface area contributed by atoms with Crippen molar-refractivity contribution in [3.05, 3.63) is 53.7 Å². The van der Waals surface area contributed by atoms with Gasteiger partial charge in [0.25, 0.3) is 10.0 Å². The molecule has 2 aromatic heterocycles. The van der Waals surface area contributed by atoms with Crippen LogP contribution in [0.2, 0.25) is 0 Å². The third-order valence-electron chi connectivity index (χ3n) is 4.43. The van der Waals surface area contributed by atoms with Crippen molar-refractivity contribution in [1.29, 1.82) is 0 Å². The molecule has 0 saturated heterocycles. The second-order valence-corrected chi connectivity index (χ2v) is 9.40. The summed E-state index contributed by atoms with van der Waals surface area (Å²) in [5.41, 5.74) is 1.82. The summed E-state index contributed by atoms with van der Waals surface area (Å²) >= 11 is 1.08. The molecule has 0 amide bonds. The number of sulfonamides is 1. The summed E-state index contributed by atoms with van der Waals surface area (Å²) in [7, 11) is -3.68. The molecule has 0 unspecified atom stereocenters. The number of para-hydroxylation sites is 1. The Morgan fingerprint density at radius 3 is 2.93 bits per heavy atom. The molecule has 0 radical (unpaired) electrons. The lowest BCUT2D eigenvalue weighted by Crippen LogP contribution is -2.35. The maximum Gasteiger partial charge on any atom is 0.360 e. The molecular weight excluding hydrogens is 400 g/mol. The van der Waals surface area contributed by atoms with Gasteiger partial charge in [0.2, 0.25) is 0 Å². The third-order valence-corrected chi connectivity index (χ3v) is 7.81. The van der Waals surface area contributed by atoms with Crippen molar-refractivity contribution >= 4 is 33.0 Å². The van der Waals surface area contributed by atoms with E-state index in [9.17, 15) is 13.2 Å². The third kappa shape index (κ3) is 3.31. The fraction of sp³-hybridized carbons (Fsp3) is 0.263. The first-order valence-corrected chi connectivity index (χ1v) is 11.1. The lowest BCUT2D eigenvalue weighted by molar-refractivity contribution is 0.0514. The fourth-order valence-corrected chi connectivity index (χ4v) is 6.05. The number of aromatic nitrogens is 1. The van der Waals surface area contributed by atoms with Gasteiger partial charge in [-0.3, -0.25) is 4.31 Å². The van der Waals surface area contributed by atoms with Gasteiger partial charge >= 0.3 is 5.97 Å². The highest BCUT2D eigenvalue weighted by Gasteiger charge is 2.30. The van der Waals surface area contributed by atoms with E-state index in [0.29, 0.717) is 17.2 Å². The lowest BCUT2D eigenvalue weighted by Gasteiger charge is -2.29. The van der Waals surface area contributed by atoms with Crippen LogP contribution in [0.4, 0.5) is 5.69 Å². The van der Waals surface area contributed by atoms with Crippen molar-refractivity contribution in [2.45, 2.75) is 24.0 Å². The lowest BCUT2D eigenvalue weighted by atomic mass is 10.0. The summed E-state index contributed by atoms with van der Waals surface area (Å²) in [4.78, 5) is 12.3. The van der Waals surface area contributed by atoms with E-state index in [1.807, 2.05) is 24.3 Å². The van der Waals surface area contributed by atoms with Crippen molar-refractivity contribution in [2.75, 3.05) is 17.5 Å². The van der Waals surface area contributed by atoms with E-state index in [1.165, 1.54) is 10.4 Å². The Labute approximate surface area is 166 Å². The zero-order valence-electron chi connectivity index (χ0n) is 15.1. The smallest absolute Gasteiger partial charge is 0.360 e. The van der Waals surface area contributed by atoms with Crippen LogP contribution in [-0.4, -0.2) is 32.7 Å². The van der Waals surface area contributed by atoms with E-state index < -0.39 is 16.0 Å². The topological polar surface area (TPSA) is 89.7 Å². The van der Waals surface area contributed by atoms with Gasteiger partial charge in [-0.05, 0) is 43.5 Å². The number of aryl methyl sites for hydroxylation is 1. The fourth-order valence-electron chi connectivity index (χ4n) is 3.14. The molecule has 3 aromatic rings. The number of hydrogen-bond donors (Lipinski definition) is 0. The summed E-state index contributed by atoms with van der Waals surface area (Å²) in [6.45, 7) is 2.38. The Kier molecular flexibility index (Phi) is 4.94. The van der Waals surface area contributed by atoms with Gasteiger partial charge in [0.05, 0.1) is 17.2 Å². The van der Waals surface area contributed by atoms with Crippen molar-refractivity contribution in [3.8, 4) is 10.6 Å². The molecular formula is C19H18N2O5S2. The maximum absolute atomic E-state index is 13.2. The molecule has 0 aliphatic carbocycles. The van der Waals surface area contributed by atoms with Gasteiger partial charge in [-0.1, -0.05) is 23.4 Å². The summed E-state index contributed by atoms with van der Waals surface area (Å²) in [6, 6.07) is 12.2. The number of anilines is 1. The van der Waals surface area contributed by atoms with Crippen LogP contribution in [-0.2, 0) is 21.2 Å². The van der Waals surface area contributed by atoms with E-state index in [1.54, 1.807) is 19.1 Å². The van der Waals surface area contributed by atoms with Gasteiger partial charge < -0.3 is 9.26 Å². The number of carbonyl (C=O) groups excluding carboxylic acids is 1. The van der Waals surface area contributed by atoms with Crippen molar-refractivity contribution in [2.24, 2.45) is 0 Å². The minimum Gasteiger partial charge on any atom is -0.461 e. The standard InChI is InChI=1S/C19H18N2O5S2/c1-2-25-19(22)14-12-16(26-20-14)17-9-10-18(27-17)28(23,24)21-11-5-7-13-6-3-4-8-15(13)21/h3-4,6,8-10,12H,2,5,7,11H2,1H3. The summed E-state index contributed by atoms with van der Waals surface area (Å²) in [5.74, 6) is -0.250. The molecule has 7 nitrogen and oxygen atoms in total. The van der Waals surface area contributed by atoms with Crippen LogP contribution in [0, 0.1) is 0 Å². The van der Waals surface area contributed by atoms with Crippen LogP contribution in [0.3, 0.4) is 0 Å². The Morgan fingerprint density at radius 2 is 2.11 bits per heavy atom. The van der Waals surface area contributed by atoms with E-state index >= 15 is 0 Å². The molecule has 9 heteroatoms. The van der Waals surface area contributed by atoms with Gasteiger partial charge in [-0.25, -0.2) is 13.2 Å². The monoisotopic (exact) mass is 418 g/mol. The number of ether oxygens (including phenoxy) is 1. The molecule has 0 saturated carbocycles. The maximum atomic E-state index is 13.2. The molecule has 1 aromatic carbocycles. The van der Waals surface area contributed by atoms with Crippen LogP contribution in [0.25, 0.3) is 10.6 Å². The predicted octanol–water partition coefficient (Wildman–Crippen LogP) is 3.72. The molecule has 0 bridgehead atoms. The molecule has 146 valence electrons. The summed E-state index contributed by atoms with van der Waals surface area (Å²) in [6.07, 6.45) is 1.64. The van der Waals surface area contributed by atoms with Crippen molar-refractivity contribution in [1.82, 2.24) is 5.16 Å². The normalized spacial score (nSPS) is 14.0. The van der Waals surface area contributed by atoms with Gasteiger partial charge in [0, 0.05) is 12.6 Å². The number of nitrogens with zero attached hydrogens (tertiary/aromatic N) is 2. The first-order valence-electron chi connectivity index (χ1n) is 8.85. The Bertz CT molecular complexity index is 1120. The van der Waals surface area contributed by atoms with Crippen LogP contribution in [0.15, 0.2) is 51.2 Å². The minimum atomic E-state index is -3.68. The Balaban J connectivity index is 1.64. The minimum absolute atomic E-state index is 0.0552. The highest BCUT2D eigenvalue weighted by Crippen LogP contribution is 2.36. The van der Waals surface area contributed by atoms with Crippen LogP contribution in [0.5, 0.6) is 0 Å². The second kappa shape index (κ2) is 7.40. The number of thiophene rings is 1. The molecule has 1 aliphatic heterocycles. The van der Waals surface area contributed by atoms with Crippen molar-refractivity contribution < 1.29 is 22.5 Å². The highest BCUT2D eigenvalue weighted by molar-refractivity contribution is 7.94. The molecule has 0 atom stereocenters. The largest absolute Gasteiger partial charge is 0.461 e. The number of rotatable bonds is 5. The Hall–Kier alpha value is -2.65. The zero-order valence-corrected chi connectivity index (χ0v) is 16.8. The number of hydrogen-bond acceptors (Lipinski definition) is 7. The second-order valence-electron chi connectivity index (χ2n) is 6.22. The Morgan fingerprint density at radius 1 is 1.29 bits per heavy atom. The van der Waals surface area contributed by atoms with Crippen LogP contribution < -0.4 is 4.31 Å². The van der Waals surface area contributed by atoms with E-state index in [4.69, 9.17) is 9.26 Å². The first kappa shape index (κ1) is 18.7. The average Bonchev–Trinajstić information content (AvgIpc) is 3.37. The van der Waals surface area contributed by atoms with E-state index in [0.717, 1.165) is 35.4 Å². The average molecular weight is 418 g/mol. The van der Waals surface area contributed by atoms with Crippen molar-refractivity contribution in [3.63, 3.8) is 0 Å². The van der Waals surface area contributed by atoms with Gasteiger partial charge in [0.1, 0.15) is 4.21 Å². The zero-order chi connectivity index (χ0) is 19.7. The number of benzene rings is 1. The quantitative estimate of drug-likeness (QED) is 0.587. The molecule has 1 aliphatic rings. The summed E-state index contributed by atoms with van der Waals surface area (Å²) in [5, 5.41) is 3.70. The number of fused-ring (bicyclic) bond motifs is 1. The van der Waals surface area contributed by atoms with Crippen LogP contribution >= 0.6 is 11.3 Å². The summed E-state index contributed by atoms with van der Waals surface area (Å²) < 4.78 is 38.2. The molecule has 0 fully saturated rings. The SMILES string of the molecule is CCOC(=O)c1cc(-c2ccc(S(=O)(=O)N3CCCc4ccccc43)s2)on1. The number of carbonyl (C=O) groups is 1.